The SMILES string of the molecule is CCCS(=O)(=O)N1CCCN(C(=O)c2ccc(OC)c(Cl)c2)CC1. The van der Waals surface area contributed by atoms with Crippen LogP contribution >= 0.6 is 11.6 Å². The first-order chi connectivity index (χ1) is 11.4. The predicted molar refractivity (Wildman–Crippen MR) is 94.2 cm³/mol. The van der Waals surface area contributed by atoms with Gasteiger partial charge in [-0.15, -0.1) is 0 Å². The Hall–Kier alpha value is -1.31. The zero-order valence-corrected chi connectivity index (χ0v) is 15.6. The monoisotopic (exact) mass is 374 g/mol. The van der Waals surface area contributed by atoms with E-state index in [0.717, 1.165) is 0 Å². The number of hydrogen-bond acceptors (Lipinski definition) is 4. The molecule has 0 bridgehead atoms. The molecular weight excluding hydrogens is 352 g/mol. The first-order valence-corrected chi connectivity index (χ1v) is 9.98. The number of methoxy groups -OCH3 is 1. The minimum atomic E-state index is -3.23. The molecule has 0 N–H and O–H groups in total. The Kier molecular flexibility index (Phi) is 6.48. The van der Waals surface area contributed by atoms with E-state index in [9.17, 15) is 13.2 Å². The van der Waals surface area contributed by atoms with Crippen molar-refractivity contribution in [3.8, 4) is 5.75 Å². The van der Waals surface area contributed by atoms with Gasteiger partial charge in [-0.2, -0.15) is 0 Å². The Balaban J connectivity index is 2.08. The van der Waals surface area contributed by atoms with Gasteiger partial charge >= 0.3 is 0 Å². The molecule has 0 spiro atoms. The van der Waals surface area contributed by atoms with Crippen LogP contribution in [0.4, 0.5) is 0 Å². The molecule has 1 amide bonds. The number of sulfonamides is 1. The lowest BCUT2D eigenvalue weighted by molar-refractivity contribution is 0.0764. The van der Waals surface area contributed by atoms with E-state index in [2.05, 4.69) is 0 Å². The van der Waals surface area contributed by atoms with E-state index in [1.165, 1.54) is 11.4 Å². The fourth-order valence-electron chi connectivity index (χ4n) is 2.74. The highest BCUT2D eigenvalue weighted by Crippen LogP contribution is 2.25. The van der Waals surface area contributed by atoms with Gasteiger partial charge in [0.05, 0.1) is 17.9 Å². The quantitative estimate of drug-likeness (QED) is 0.792. The largest absolute Gasteiger partial charge is 0.495 e. The molecule has 8 heteroatoms. The number of carbonyl (C=O) groups excluding carboxylic acids is 1. The highest BCUT2D eigenvalue weighted by Gasteiger charge is 2.26. The van der Waals surface area contributed by atoms with Crippen LogP contribution in [0.15, 0.2) is 18.2 Å². The molecule has 0 unspecified atom stereocenters. The average Bonchev–Trinajstić information content (AvgIpc) is 2.80. The number of amides is 1. The summed E-state index contributed by atoms with van der Waals surface area (Å²) in [5.74, 6) is 0.518. The van der Waals surface area contributed by atoms with Crippen LogP contribution in [0.25, 0.3) is 0 Å². The summed E-state index contributed by atoms with van der Waals surface area (Å²) < 4.78 is 31.0. The van der Waals surface area contributed by atoms with Crippen molar-refractivity contribution in [2.75, 3.05) is 39.0 Å². The number of nitrogens with zero attached hydrogens (tertiary/aromatic N) is 2. The smallest absolute Gasteiger partial charge is 0.253 e. The normalized spacial score (nSPS) is 16.7. The highest BCUT2D eigenvalue weighted by atomic mass is 35.5. The predicted octanol–water partition coefficient (Wildman–Crippen LogP) is 2.24. The van der Waals surface area contributed by atoms with E-state index in [1.807, 2.05) is 6.92 Å². The van der Waals surface area contributed by atoms with Crippen LogP contribution in [0.2, 0.25) is 5.02 Å². The fourth-order valence-corrected chi connectivity index (χ4v) is 4.54. The summed E-state index contributed by atoms with van der Waals surface area (Å²) in [4.78, 5) is 14.3. The van der Waals surface area contributed by atoms with Gasteiger partial charge in [0.15, 0.2) is 0 Å². The third-order valence-electron chi connectivity index (χ3n) is 4.00. The van der Waals surface area contributed by atoms with Gasteiger partial charge in [0.25, 0.3) is 5.91 Å². The second-order valence-corrected chi connectivity index (χ2v) is 8.21. The van der Waals surface area contributed by atoms with Crippen molar-refractivity contribution in [3.63, 3.8) is 0 Å². The number of ether oxygens (including phenoxy) is 1. The molecule has 6 nitrogen and oxygen atoms in total. The lowest BCUT2D eigenvalue weighted by Gasteiger charge is -2.22. The molecule has 1 saturated heterocycles. The number of hydrogen-bond donors (Lipinski definition) is 0. The number of rotatable bonds is 5. The van der Waals surface area contributed by atoms with Crippen LogP contribution in [0.3, 0.4) is 0 Å². The summed E-state index contributed by atoms with van der Waals surface area (Å²) in [7, 11) is -1.71. The molecule has 1 aromatic rings. The molecule has 1 fully saturated rings. The Morgan fingerprint density at radius 1 is 1.25 bits per heavy atom. The molecule has 2 rings (SSSR count). The topological polar surface area (TPSA) is 66.9 Å². The fraction of sp³-hybridized carbons (Fsp3) is 0.562. The van der Waals surface area contributed by atoms with E-state index in [1.54, 1.807) is 23.1 Å². The Labute approximate surface area is 148 Å². The molecule has 134 valence electrons. The van der Waals surface area contributed by atoms with Crippen LogP contribution in [-0.2, 0) is 10.0 Å². The summed E-state index contributed by atoms with van der Waals surface area (Å²) in [5.41, 5.74) is 0.477. The minimum absolute atomic E-state index is 0.144. The third-order valence-corrected chi connectivity index (χ3v) is 6.37. The van der Waals surface area contributed by atoms with Crippen molar-refractivity contribution in [2.45, 2.75) is 19.8 Å². The van der Waals surface area contributed by atoms with Gasteiger partial charge in [-0.05, 0) is 31.0 Å². The second-order valence-electron chi connectivity index (χ2n) is 5.71. The number of halogens is 1. The molecule has 24 heavy (non-hydrogen) atoms. The molecule has 1 heterocycles. The Morgan fingerprint density at radius 2 is 2.00 bits per heavy atom. The van der Waals surface area contributed by atoms with Crippen molar-refractivity contribution in [1.82, 2.24) is 9.21 Å². The van der Waals surface area contributed by atoms with Crippen LogP contribution in [0.5, 0.6) is 5.75 Å². The summed E-state index contributed by atoms with van der Waals surface area (Å²) in [5, 5.41) is 0.380. The first-order valence-electron chi connectivity index (χ1n) is 7.99. The lowest BCUT2D eigenvalue weighted by Crippen LogP contribution is -2.38. The molecule has 1 aliphatic heterocycles. The maximum Gasteiger partial charge on any atom is 0.253 e. The molecule has 0 saturated carbocycles. The Morgan fingerprint density at radius 3 is 2.62 bits per heavy atom. The lowest BCUT2D eigenvalue weighted by atomic mass is 10.2. The van der Waals surface area contributed by atoms with Crippen molar-refractivity contribution in [3.05, 3.63) is 28.8 Å². The van der Waals surface area contributed by atoms with Gasteiger partial charge in [-0.25, -0.2) is 12.7 Å². The minimum Gasteiger partial charge on any atom is -0.495 e. The van der Waals surface area contributed by atoms with Gasteiger partial charge in [-0.3, -0.25) is 4.79 Å². The van der Waals surface area contributed by atoms with Gasteiger partial charge in [0.1, 0.15) is 5.75 Å². The van der Waals surface area contributed by atoms with Crippen molar-refractivity contribution in [2.24, 2.45) is 0 Å². The first kappa shape index (κ1) is 19.0. The molecule has 1 aliphatic rings. The number of benzene rings is 1. The standard InChI is InChI=1S/C16H23ClN2O4S/c1-3-11-24(21,22)19-8-4-7-18(9-10-19)16(20)13-5-6-15(23-2)14(17)12-13/h5-6,12H,3-4,7-11H2,1-2H3. The van der Waals surface area contributed by atoms with Gasteiger partial charge in [0.2, 0.25) is 10.0 Å². The summed E-state index contributed by atoms with van der Waals surface area (Å²) in [6, 6.07) is 4.91. The third kappa shape index (κ3) is 4.40. The van der Waals surface area contributed by atoms with Gasteiger partial charge in [0, 0.05) is 31.7 Å². The van der Waals surface area contributed by atoms with Crippen LogP contribution < -0.4 is 4.74 Å². The van der Waals surface area contributed by atoms with E-state index < -0.39 is 10.0 Å². The van der Waals surface area contributed by atoms with Crippen molar-refractivity contribution in [1.29, 1.82) is 0 Å². The molecule has 0 atom stereocenters. The molecule has 0 radical (unpaired) electrons. The van der Waals surface area contributed by atoms with E-state index in [4.69, 9.17) is 16.3 Å². The zero-order chi connectivity index (χ0) is 17.7. The summed E-state index contributed by atoms with van der Waals surface area (Å²) in [6.07, 6.45) is 1.21. The zero-order valence-electron chi connectivity index (χ0n) is 14.0. The van der Waals surface area contributed by atoms with E-state index in [-0.39, 0.29) is 11.7 Å². The summed E-state index contributed by atoms with van der Waals surface area (Å²) in [6.45, 7) is 3.54. The second kappa shape index (κ2) is 8.18. The maximum absolute atomic E-state index is 12.6. The molecule has 0 aromatic heterocycles. The maximum atomic E-state index is 12.6. The highest BCUT2D eigenvalue weighted by molar-refractivity contribution is 7.89. The molecule has 0 aliphatic carbocycles. The summed E-state index contributed by atoms with van der Waals surface area (Å²) >= 11 is 6.08. The van der Waals surface area contributed by atoms with E-state index in [0.29, 0.717) is 55.4 Å². The van der Waals surface area contributed by atoms with Crippen molar-refractivity contribution >= 4 is 27.5 Å². The molecule has 1 aromatic carbocycles. The van der Waals surface area contributed by atoms with Gasteiger partial charge in [-0.1, -0.05) is 18.5 Å². The van der Waals surface area contributed by atoms with E-state index >= 15 is 0 Å². The van der Waals surface area contributed by atoms with Gasteiger partial charge < -0.3 is 9.64 Å². The average molecular weight is 375 g/mol. The van der Waals surface area contributed by atoms with Crippen LogP contribution in [0, 0.1) is 0 Å². The molecular formula is C16H23ClN2O4S. The Bertz CT molecular complexity index is 693. The van der Waals surface area contributed by atoms with Crippen LogP contribution in [0.1, 0.15) is 30.1 Å². The van der Waals surface area contributed by atoms with Crippen molar-refractivity contribution < 1.29 is 17.9 Å². The number of carbonyl (C=O) groups is 1. The van der Waals surface area contributed by atoms with Crippen LogP contribution in [-0.4, -0.2) is 62.6 Å².